The van der Waals surface area contributed by atoms with Crippen LogP contribution in [0, 0.1) is 0 Å². The lowest BCUT2D eigenvalue weighted by molar-refractivity contribution is 0.764. The molecule has 0 radical (unpaired) electrons. The highest BCUT2D eigenvalue weighted by atomic mass is 15.3. The first kappa shape index (κ1) is 8.61. The van der Waals surface area contributed by atoms with E-state index in [0.29, 0.717) is 11.5 Å². The van der Waals surface area contributed by atoms with Crippen LogP contribution in [0.25, 0.3) is 0 Å². The first-order chi connectivity index (χ1) is 6.65. The predicted octanol–water partition coefficient (Wildman–Crippen LogP) is 0.479. The maximum atomic E-state index is 5.72. The lowest BCUT2D eigenvalue weighted by Crippen LogP contribution is -1.97. The summed E-state index contributed by atoms with van der Waals surface area (Å²) in [4.78, 5) is 0. The number of aryl methyl sites for hydroxylation is 2. The Balaban J connectivity index is 2.22. The third kappa shape index (κ3) is 1.54. The summed E-state index contributed by atoms with van der Waals surface area (Å²) in [6.07, 6.45) is 3.59. The van der Waals surface area contributed by atoms with E-state index in [-0.39, 0.29) is 0 Å². The molecule has 2 heterocycles. The van der Waals surface area contributed by atoms with Crippen LogP contribution in [0.2, 0.25) is 0 Å². The molecular formula is C8H12N6. The van der Waals surface area contributed by atoms with Gasteiger partial charge in [0.25, 0.3) is 0 Å². The van der Waals surface area contributed by atoms with Gasteiger partial charge in [-0.15, -0.1) is 0 Å². The maximum Gasteiger partial charge on any atom is 0.176 e. The highest BCUT2D eigenvalue weighted by Gasteiger charge is 2.05. The van der Waals surface area contributed by atoms with Gasteiger partial charge in [-0.2, -0.15) is 10.2 Å². The van der Waals surface area contributed by atoms with E-state index >= 15 is 0 Å². The molecule has 0 aliphatic rings. The molecule has 0 atom stereocenters. The zero-order valence-electron chi connectivity index (χ0n) is 8.10. The second kappa shape index (κ2) is 3.06. The number of anilines is 3. The lowest BCUT2D eigenvalue weighted by atomic mass is 10.5. The van der Waals surface area contributed by atoms with Crippen LogP contribution >= 0.6 is 0 Å². The van der Waals surface area contributed by atoms with E-state index in [1.807, 2.05) is 26.4 Å². The standard InChI is InChI=1S/C8H12N6/c1-13-4-3-7(11-13)10-8-6(9)5-14(2)12-8/h3-5H,9H2,1-2H3,(H,10,11,12). The van der Waals surface area contributed by atoms with E-state index in [2.05, 4.69) is 15.5 Å². The van der Waals surface area contributed by atoms with E-state index in [4.69, 9.17) is 5.73 Å². The summed E-state index contributed by atoms with van der Waals surface area (Å²) in [6.45, 7) is 0. The molecule has 0 amide bonds. The van der Waals surface area contributed by atoms with E-state index in [1.54, 1.807) is 15.6 Å². The second-order valence-electron chi connectivity index (χ2n) is 3.11. The third-order valence-electron chi connectivity index (χ3n) is 1.82. The Morgan fingerprint density at radius 1 is 1.29 bits per heavy atom. The molecule has 74 valence electrons. The van der Waals surface area contributed by atoms with Crippen molar-refractivity contribution in [1.29, 1.82) is 0 Å². The van der Waals surface area contributed by atoms with Gasteiger partial charge in [0.15, 0.2) is 11.6 Å². The minimum absolute atomic E-state index is 0.609. The lowest BCUT2D eigenvalue weighted by Gasteiger charge is -1.98. The number of aromatic nitrogens is 4. The summed E-state index contributed by atoms with van der Waals surface area (Å²) >= 11 is 0. The Labute approximate surface area is 81.3 Å². The van der Waals surface area contributed by atoms with Gasteiger partial charge in [-0.05, 0) is 0 Å². The zero-order chi connectivity index (χ0) is 10.1. The molecule has 3 N–H and O–H groups in total. The first-order valence-corrected chi connectivity index (χ1v) is 4.21. The van der Waals surface area contributed by atoms with Gasteiger partial charge in [0, 0.05) is 32.6 Å². The molecule has 2 aromatic heterocycles. The van der Waals surface area contributed by atoms with Gasteiger partial charge in [0.1, 0.15) is 0 Å². The molecule has 0 spiro atoms. The molecular weight excluding hydrogens is 180 g/mol. The Morgan fingerprint density at radius 2 is 2.07 bits per heavy atom. The largest absolute Gasteiger partial charge is 0.394 e. The second-order valence-corrected chi connectivity index (χ2v) is 3.11. The van der Waals surface area contributed by atoms with Gasteiger partial charge >= 0.3 is 0 Å². The molecule has 0 aliphatic carbocycles. The topological polar surface area (TPSA) is 73.7 Å². The molecule has 6 heteroatoms. The Kier molecular flexibility index (Phi) is 1.88. The number of hydrogen-bond donors (Lipinski definition) is 2. The summed E-state index contributed by atoms with van der Waals surface area (Å²) in [5, 5.41) is 11.3. The van der Waals surface area contributed by atoms with E-state index in [9.17, 15) is 0 Å². The highest BCUT2D eigenvalue weighted by molar-refractivity contribution is 5.65. The number of nitrogens with zero attached hydrogens (tertiary/aromatic N) is 4. The fourth-order valence-corrected chi connectivity index (χ4v) is 1.21. The minimum atomic E-state index is 0.609. The van der Waals surface area contributed by atoms with Crippen LogP contribution in [0.5, 0.6) is 0 Å². The molecule has 2 aromatic rings. The van der Waals surface area contributed by atoms with Gasteiger partial charge < -0.3 is 11.1 Å². The summed E-state index contributed by atoms with van der Waals surface area (Å²) in [6, 6.07) is 1.86. The molecule has 0 aromatic carbocycles. The fourth-order valence-electron chi connectivity index (χ4n) is 1.21. The van der Waals surface area contributed by atoms with Crippen LogP contribution in [0.3, 0.4) is 0 Å². The van der Waals surface area contributed by atoms with Gasteiger partial charge in [0.2, 0.25) is 0 Å². The van der Waals surface area contributed by atoms with E-state index in [1.165, 1.54) is 0 Å². The molecule has 0 fully saturated rings. The Hall–Kier alpha value is -1.98. The molecule has 2 rings (SSSR count). The Bertz CT molecular complexity index is 440. The average molecular weight is 192 g/mol. The number of nitrogen functional groups attached to an aromatic ring is 1. The third-order valence-corrected chi connectivity index (χ3v) is 1.82. The van der Waals surface area contributed by atoms with Gasteiger partial charge in [0.05, 0.1) is 5.69 Å². The SMILES string of the molecule is Cn1ccc(Nc2nn(C)cc2N)n1. The molecule has 0 saturated heterocycles. The molecule has 0 bridgehead atoms. The van der Waals surface area contributed by atoms with Crippen molar-refractivity contribution in [3.05, 3.63) is 18.5 Å². The van der Waals surface area contributed by atoms with Gasteiger partial charge in [-0.1, -0.05) is 0 Å². The number of rotatable bonds is 2. The number of nitrogens with one attached hydrogen (secondary N) is 1. The van der Waals surface area contributed by atoms with Crippen LogP contribution in [0.1, 0.15) is 0 Å². The normalized spacial score (nSPS) is 10.4. The fraction of sp³-hybridized carbons (Fsp3) is 0.250. The van der Waals surface area contributed by atoms with Crippen LogP contribution in [-0.2, 0) is 14.1 Å². The van der Waals surface area contributed by atoms with Crippen molar-refractivity contribution in [2.45, 2.75) is 0 Å². The van der Waals surface area contributed by atoms with Crippen molar-refractivity contribution in [2.75, 3.05) is 11.1 Å². The van der Waals surface area contributed by atoms with Crippen molar-refractivity contribution in [3.8, 4) is 0 Å². The van der Waals surface area contributed by atoms with Crippen LogP contribution in [0.15, 0.2) is 18.5 Å². The maximum absolute atomic E-state index is 5.72. The monoisotopic (exact) mass is 192 g/mol. The number of nitrogens with two attached hydrogens (primary N) is 1. The molecule has 0 unspecified atom stereocenters. The van der Waals surface area contributed by atoms with Crippen molar-refractivity contribution < 1.29 is 0 Å². The zero-order valence-corrected chi connectivity index (χ0v) is 8.10. The molecule has 6 nitrogen and oxygen atoms in total. The smallest absolute Gasteiger partial charge is 0.176 e. The quantitative estimate of drug-likeness (QED) is 0.725. The first-order valence-electron chi connectivity index (χ1n) is 4.21. The predicted molar refractivity (Wildman–Crippen MR) is 54.1 cm³/mol. The average Bonchev–Trinajstić information content (AvgIpc) is 2.61. The summed E-state index contributed by atoms with van der Waals surface area (Å²) < 4.78 is 3.36. The summed E-state index contributed by atoms with van der Waals surface area (Å²) in [7, 11) is 3.67. The number of hydrogen-bond acceptors (Lipinski definition) is 4. The van der Waals surface area contributed by atoms with Crippen molar-refractivity contribution in [1.82, 2.24) is 19.6 Å². The molecule has 14 heavy (non-hydrogen) atoms. The van der Waals surface area contributed by atoms with Crippen molar-refractivity contribution in [3.63, 3.8) is 0 Å². The molecule has 0 saturated carbocycles. The summed E-state index contributed by atoms with van der Waals surface area (Å²) in [5.41, 5.74) is 6.33. The molecule has 0 aliphatic heterocycles. The van der Waals surface area contributed by atoms with Crippen LogP contribution in [0.4, 0.5) is 17.3 Å². The summed E-state index contributed by atoms with van der Waals surface area (Å²) in [5.74, 6) is 1.36. The minimum Gasteiger partial charge on any atom is -0.394 e. The highest BCUT2D eigenvalue weighted by Crippen LogP contribution is 2.18. The van der Waals surface area contributed by atoms with Crippen molar-refractivity contribution in [2.24, 2.45) is 14.1 Å². The van der Waals surface area contributed by atoms with Crippen LogP contribution in [-0.4, -0.2) is 19.6 Å². The van der Waals surface area contributed by atoms with Gasteiger partial charge in [-0.3, -0.25) is 9.36 Å². The van der Waals surface area contributed by atoms with E-state index in [0.717, 1.165) is 5.82 Å². The Morgan fingerprint density at radius 3 is 2.57 bits per heavy atom. The van der Waals surface area contributed by atoms with Gasteiger partial charge in [-0.25, -0.2) is 0 Å². The van der Waals surface area contributed by atoms with E-state index < -0.39 is 0 Å². The van der Waals surface area contributed by atoms with Crippen molar-refractivity contribution >= 4 is 17.3 Å². The van der Waals surface area contributed by atoms with Crippen LogP contribution < -0.4 is 11.1 Å².